The number of aromatic nitrogens is 4. The molecule has 0 fully saturated rings. The summed E-state index contributed by atoms with van der Waals surface area (Å²) in [5.41, 5.74) is 2.61. The second-order valence-corrected chi connectivity index (χ2v) is 4.40. The van der Waals surface area contributed by atoms with Crippen molar-refractivity contribution in [3.63, 3.8) is 0 Å². The summed E-state index contributed by atoms with van der Waals surface area (Å²) in [4.78, 5) is 1.52. The van der Waals surface area contributed by atoms with Crippen LogP contribution >= 0.6 is 0 Å². The Morgan fingerprint density at radius 3 is 3.12 bits per heavy atom. The summed E-state index contributed by atoms with van der Waals surface area (Å²) in [7, 11) is 1.80. The highest BCUT2D eigenvalue weighted by Gasteiger charge is 2.21. The largest absolute Gasteiger partial charge is 0.385 e. The third-order valence-corrected chi connectivity index (χ3v) is 3.19. The minimum absolute atomic E-state index is 0.497. The van der Waals surface area contributed by atoms with Crippen molar-refractivity contribution in [3.05, 3.63) is 35.7 Å². The third-order valence-electron chi connectivity index (χ3n) is 3.19. The standard InChI is InChI=1S/C12H15N5/c1-17-15-12(14-16-17)8-9-6-7-13-11-5-3-2-4-10(9)11/h2-5,9,13H,6-8H2,1H3. The molecule has 1 unspecified atom stereocenters. The van der Waals surface area contributed by atoms with Gasteiger partial charge in [0.05, 0.1) is 7.05 Å². The molecular weight excluding hydrogens is 214 g/mol. The molecule has 5 heteroatoms. The summed E-state index contributed by atoms with van der Waals surface area (Å²) in [6.45, 7) is 1.02. The zero-order valence-electron chi connectivity index (χ0n) is 9.80. The number of rotatable bonds is 2. The zero-order valence-corrected chi connectivity index (χ0v) is 9.80. The van der Waals surface area contributed by atoms with E-state index in [1.165, 1.54) is 16.0 Å². The van der Waals surface area contributed by atoms with Crippen LogP contribution in [0.4, 0.5) is 5.69 Å². The van der Waals surface area contributed by atoms with Gasteiger partial charge in [0, 0.05) is 18.7 Å². The fourth-order valence-electron chi connectivity index (χ4n) is 2.39. The van der Waals surface area contributed by atoms with Gasteiger partial charge in [0.1, 0.15) is 0 Å². The van der Waals surface area contributed by atoms with Crippen LogP contribution in [-0.2, 0) is 13.5 Å². The fourth-order valence-corrected chi connectivity index (χ4v) is 2.39. The van der Waals surface area contributed by atoms with Crippen molar-refractivity contribution < 1.29 is 0 Å². The van der Waals surface area contributed by atoms with E-state index < -0.39 is 0 Å². The first-order valence-electron chi connectivity index (χ1n) is 5.88. The van der Waals surface area contributed by atoms with Gasteiger partial charge in [-0.25, -0.2) is 0 Å². The Balaban J connectivity index is 1.85. The highest BCUT2D eigenvalue weighted by molar-refractivity contribution is 5.54. The van der Waals surface area contributed by atoms with Crippen molar-refractivity contribution in [3.8, 4) is 0 Å². The van der Waals surface area contributed by atoms with E-state index in [0.29, 0.717) is 5.92 Å². The number of para-hydroxylation sites is 1. The Morgan fingerprint density at radius 1 is 1.41 bits per heavy atom. The zero-order chi connectivity index (χ0) is 11.7. The molecular formula is C12H15N5. The number of tetrazole rings is 1. The van der Waals surface area contributed by atoms with E-state index in [4.69, 9.17) is 0 Å². The third kappa shape index (κ3) is 2.00. The van der Waals surface area contributed by atoms with Crippen LogP contribution in [0.5, 0.6) is 0 Å². The summed E-state index contributed by atoms with van der Waals surface area (Å²) in [5.74, 6) is 1.32. The first kappa shape index (κ1) is 10.3. The van der Waals surface area contributed by atoms with Crippen LogP contribution in [0.2, 0.25) is 0 Å². The van der Waals surface area contributed by atoms with Crippen LogP contribution in [0.3, 0.4) is 0 Å². The highest BCUT2D eigenvalue weighted by atomic mass is 15.6. The number of hydrogen-bond donors (Lipinski definition) is 1. The number of aryl methyl sites for hydroxylation is 1. The molecule has 1 aliphatic heterocycles. The molecule has 1 aromatic heterocycles. The minimum atomic E-state index is 0.497. The molecule has 1 aromatic carbocycles. The second kappa shape index (κ2) is 4.16. The van der Waals surface area contributed by atoms with Gasteiger partial charge < -0.3 is 5.32 Å². The summed E-state index contributed by atoms with van der Waals surface area (Å²) in [6.07, 6.45) is 1.99. The highest BCUT2D eigenvalue weighted by Crippen LogP contribution is 2.32. The van der Waals surface area contributed by atoms with Crippen molar-refractivity contribution in [1.82, 2.24) is 20.2 Å². The van der Waals surface area contributed by atoms with E-state index in [2.05, 4.69) is 45.0 Å². The Morgan fingerprint density at radius 2 is 2.29 bits per heavy atom. The van der Waals surface area contributed by atoms with Gasteiger partial charge in [-0.05, 0) is 29.2 Å². The van der Waals surface area contributed by atoms with Crippen LogP contribution in [0.1, 0.15) is 23.7 Å². The first-order valence-corrected chi connectivity index (χ1v) is 5.88. The van der Waals surface area contributed by atoms with Gasteiger partial charge >= 0.3 is 0 Å². The lowest BCUT2D eigenvalue weighted by atomic mass is 9.88. The molecule has 17 heavy (non-hydrogen) atoms. The average molecular weight is 229 g/mol. The van der Waals surface area contributed by atoms with Gasteiger partial charge in [-0.15, -0.1) is 10.2 Å². The first-order chi connectivity index (χ1) is 8.33. The molecule has 0 spiro atoms. The lowest BCUT2D eigenvalue weighted by Crippen LogP contribution is -2.18. The van der Waals surface area contributed by atoms with Crippen molar-refractivity contribution >= 4 is 5.69 Å². The van der Waals surface area contributed by atoms with E-state index in [0.717, 1.165) is 25.2 Å². The SMILES string of the molecule is Cn1nnc(CC2CCNc3ccccc32)n1. The molecule has 2 aromatic rings. The van der Waals surface area contributed by atoms with Gasteiger partial charge in [-0.2, -0.15) is 4.80 Å². The van der Waals surface area contributed by atoms with Crippen LogP contribution in [0, 0.1) is 0 Å². The van der Waals surface area contributed by atoms with Crippen molar-refractivity contribution in [1.29, 1.82) is 0 Å². The van der Waals surface area contributed by atoms with E-state index in [9.17, 15) is 0 Å². The number of hydrogen-bond acceptors (Lipinski definition) is 4. The lowest BCUT2D eigenvalue weighted by molar-refractivity contribution is 0.596. The molecule has 0 saturated carbocycles. The van der Waals surface area contributed by atoms with Gasteiger partial charge in [0.25, 0.3) is 0 Å². The topological polar surface area (TPSA) is 55.6 Å². The summed E-state index contributed by atoms with van der Waals surface area (Å²) in [5, 5.41) is 15.6. The molecule has 0 aliphatic carbocycles. The van der Waals surface area contributed by atoms with Gasteiger partial charge in [-0.3, -0.25) is 0 Å². The van der Waals surface area contributed by atoms with Crippen molar-refractivity contribution in [2.24, 2.45) is 7.05 Å². The molecule has 0 radical (unpaired) electrons. The number of nitrogens with one attached hydrogen (secondary N) is 1. The lowest BCUT2D eigenvalue weighted by Gasteiger charge is -2.25. The number of anilines is 1. The quantitative estimate of drug-likeness (QED) is 0.844. The molecule has 2 heterocycles. The van der Waals surface area contributed by atoms with Gasteiger partial charge in [0.2, 0.25) is 0 Å². The molecule has 0 bridgehead atoms. The van der Waals surface area contributed by atoms with E-state index in [-0.39, 0.29) is 0 Å². The molecule has 1 atom stereocenters. The van der Waals surface area contributed by atoms with Crippen LogP contribution in [0.25, 0.3) is 0 Å². The maximum absolute atomic E-state index is 4.25. The van der Waals surface area contributed by atoms with Crippen LogP contribution < -0.4 is 5.32 Å². The second-order valence-electron chi connectivity index (χ2n) is 4.40. The van der Waals surface area contributed by atoms with E-state index in [1.807, 2.05) is 0 Å². The number of benzene rings is 1. The van der Waals surface area contributed by atoms with E-state index >= 15 is 0 Å². The Hall–Kier alpha value is -1.91. The average Bonchev–Trinajstić information content (AvgIpc) is 2.75. The molecule has 1 N–H and O–H groups in total. The maximum Gasteiger partial charge on any atom is 0.175 e. The predicted molar refractivity (Wildman–Crippen MR) is 64.8 cm³/mol. The number of fused-ring (bicyclic) bond motifs is 1. The van der Waals surface area contributed by atoms with Crippen LogP contribution in [-0.4, -0.2) is 26.8 Å². The van der Waals surface area contributed by atoms with Crippen molar-refractivity contribution in [2.45, 2.75) is 18.8 Å². The van der Waals surface area contributed by atoms with Gasteiger partial charge in [0.15, 0.2) is 5.82 Å². The monoisotopic (exact) mass is 229 g/mol. The summed E-state index contributed by atoms with van der Waals surface area (Å²) in [6, 6.07) is 8.46. The normalized spacial score (nSPS) is 18.5. The Bertz CT molecular complexity index is 519. The molecule has 5 nitrogen and oxygen atoms in total. The van der Waals surface area contributed by atoms with Gasteiger partial charge in [-0.1, -0.05) is 18.2 Å². The van der Waals surface area contributed by atoms with Crippen molar-refractivity contribution in [2.75, 3.05) is 11.9 Å². The maximum atomic E-state index is 4.25. The molecule has 88 valence electrons. The number of nitrogens with zero attached hydrogens (tertiary/aromatic N) is 4. The Kier molecular flexibility index (Phi) is 2.51. The summed E-state index contributed by atoms with van der Waals surface area (Å²) < 4.78 is 0. The van der Waals surface area contributed by atoms with E-state index in [1.54, 1.807) is 7.05 Å². The minimum Gasteiger partial charge on any atom is -0.385 e. The molecule has 3 rings (SSSR count). The smallest absolute Gasteiger partial charge is 0.175 e. The van der Waals surface area contributed by atoms with Crippen LogP contribution in [0.15, 0.2) is 24.3 Å². The summed E-state index contributed by atoms with van der Waals surface area (Å²) >= 11 is 0. The Labute approximate surface area is 99.8 Å². The molecule has 0 saturated heterocycles. The molecule has 0 amide bonds. The molecule has 1 aliphatic rings. The predicted octanol–water partition coefficient (Wildman–Crippen LogP) is 1.35. The fraction of sp³-hybridized carbons (Fsp3) is 0.417.